The van der Waals surface area contributed by atoms with Crippen molar-refractivity contribution in [1.29, 1.82) is 0 Å². The quantitative estimate of drug-likeness (QED) is 0.680. The summed E-state index contributed by atoms with van der Waals surface area (Å²) in [7, 11) is 4.02. The van der Waals surface area contributed by atoms with Crippen molar-refractivity contribution in [3.05, 3.63) is 35.7 Å². The SMILES string of the molecule is CN1CCN(C)C(=O)CCc2cc(ccc2N2CCOCC2)Nc2ncnc3c2C(CN3)C1. The molecule has 0 radical (unpaired) electrons. The van der Waals surface area contributed by atoms with E-state index < -0.39 is 0 Å². The number of hydrogen-bond donors (Lipinski definition) is 2. The Labute approximate surface area is 195 Å². The van der Waals surface area contributed by atoms with Crippen LogP contribution < -0.4 is 15.5 Å². The van der Waals surface area contributed by atoms with Gasteiger partial charge in [0.05, 0.1) is 13.2 Å². The highest BCUT2D eigenvalue weighted by Crippen LogP contribution is 2.37. The number of aryl methyl sites for hydroxylation is 1. The second-order valence-electron chi connectivity index (χ2n) is 9.21. The highest BCUT2D eigenvalue weighted by molar-refractivity contribution is 5.77. The first-order valence-corrected chi connectivity index (χ1v) is 11.8. The van der Waals surface area contributed by atoms with Crippen molar-refractivity contribution in [2.24, 2.45) is 0 Å². The van der Waals surface area contributed by atoms with Crippen molar-refractivity contribution in [2.75, 3.05) is 82.1 Å². The molecule has 0 saturated carbocycles. The molecule has 33 heavy (non-hydrogen) atoms. The van der Waals surface area contributed by atoms with Gasteiger partial charge in [0.25, 0.3) is 0 Å². The number of hydrogen-bond acceptors (Lipinski definition) is 8. The van der Waals surface area contributed by atoms with Gasteiger partial charge in [-0.3, -0.25) is 4.79 Å². The number of ether oxygens (including phenoxy) is 1. The number of rotatable bonds is 1. The maximum atomic E-state index is 12.9. The molecular formula is C24H33N7O2. The summed E-state index contributed by atoms with van der Waals surface area (Å²) in [6, 6.07) is 6.45. The lowest BCUT2D eigenvalue weighted by Gasteiger charge is -2.31. The number of morpholine rings is 1. The van der Waals surface area contributed by atoms with E-state index in [0.717, 1.165) is 75.4 Å². The van der Waals surface area contributed by atoms with Crippen LogP contribution in [0.15, 0.2) is 24.5 Å². The molecule has 9 nitrogen and oxygen atoms in total. The van der Waals surface area contributed by atoms with Crippen LogP contribution in [0.2, 0.25) is 0 Å². The van der Waals surface area contributed by atoms with E-state index in [9.17, 15) is 4.79 Å². The number of likely N-dealkylation sites (N-methyl/N-ethyl adjacent to an activating group) is 2. The van der Waals surface area contributed by atoms with Crippen LogP contribution >= 0.6 is 0 Å². The van der Waals surface area contributed by atoms with Crippen LogP contribution in [0, 0.1) is 0 Å². The van der Waals surface area contributed by atoms with Gasteiger partial charge in [-0.05, 0) is 37.2 Å². The standard InChI is InChI=1S/C24H33N7O2/c1-29-7-8-30(2)21(32)6-3-17-13-19(4-5-20(17)31-9-11-33-12-10-31)28-24-22-18(15-29)14-25-23(22)26-16-27-24/h4-5,13,16,18H,3,6-12,14-15H2,1-2H3,(H2,25,26,27,28). The second kappa shape index (κ2) is 9.52. The Hall–Kier alpha value is -2.91. The molecule has 3 aliphatic rings. The molecule has 1 amide bonds. The molecule has 176 valence electrons. The van der Waals surface area contributed by atoms with Gasteiger partial charge in [0.1, 0.15) is 18.0 Å². The zero-order valence-corrected chi connectivity index (χ0v) is 19.5. The lowest BCUT2D eigenvalue weighted by atomic mass is 10.0. The van der Waals surface area contributed by atoms with E-state index >= 15 is 0 Å². The number of amides is 1. The summed E-state index contributed by atoms with van der Waals surface area (Å²) in [6.07, 6.45) is 2.81. The van der Waals surface area contributed by atoms with Crippen LogP contribution in [0.5, 0.6) is 0 Å². The lowest BCUT2D eigenvalue weighted by molar-refractivity contribution is -0.130. The number of fused-ring (bicyclic) bond motifs is 2. The van der Waals surface area contributed by atoms with Crippen molar-refractivity contribution >= 4 is 28.9 Å². The van der Waals surface area contributed by atoms with Crippen molar-refractivity contribution in [3.8, 4) is 0 Å². The number of aromatic nitrogens is 2. The van der Waals surface area contributed by atoms with Crippen molar-refractivity contribution in [3.63, 3.8) is 0 Å². The van der Waals surface area contributed by atoms with Gasteiger partial charge >= 0.3 is 0 Å². The van der Waals surface area contributed by atoms with Crippen LogP contribution in [0.1, 0.15) is 23.5 Å². The maximum Gasteiger partial charge on any atom is 0.222 e. The van der Waals surface area contributed by atoms with E-state index in [-0.39, 0.29) is 11.8 Å². The normalized spacial score (nSPS) is 22.1. The van der Waals surface area contributed by atoms with Gasteiger partial charge in [0.15, 0.2) is 0 Å². The van der Waals surface area contributed by atoms with Gasteiger partial charge in [-0.2, -0.15) is 0 Å². The predicted octanol–water partition coefficient (Wildman–Crippen LogP) is 1.90. The Kier molecular flexibility index (Phi) is 6.32. The van der Waals surface area contributed by atoms with Crippen molar-refractivity contribution < 1.29 is 9.53 Å². The monoisotopic (exact) mass is 451 g/mol. The van der Waals surface area contributed by atoms with E-state index in [1.54, 1.807) is 6.33 Å². The van der Waals surface area contributed by atoms with E-state index in [1.165, 1.54) is 11.3 Å². The number of nitrogens with one attached hydrogen (secondary N) is 2. The van der Waals surface area contributed by atoms with E-state index in [4.69, 9.17) is 4.74 Å². The molecule has 2 N–H and O–H groups in total. The third-order valence-corrected chi connectivity index (χ3v) is 6.89. The highest BCUT2D eigenvalue weighted by atomic mass is 16.5. The molecule has 2 bridgehead atoms. The van der Waals surface area contributed by atoms with Gasteiger partial charge in [-0.1, -0.05) is 0 Å². The largest absolute Gasteiger partial charge is 0.378 e. The Morgan fingerprint density at radius 3 is 2.70 bits per heavy atom. The molecule has 2 aromatic rings. The molecule has 9 heteroatoms. The Bertz CT molecular complexity index is 1010. The van der Waals surface area contributed by atoms with Crippen molar-refractivity contribution in [2.45, 2.75) is 18.8 Å². The van der Waals surface area contributed by atoms with Crippen molar-refractivity contribution in [1.82, 2.24) is 19.8 Å². The smallest absolute Gasteiger partial charge is 0.222 e. The summed E-state index contributed by atoms with van der Waals surface area (Å²) in [5.41, 5.74) is 4.49. The average molecular weight is 452 g/mol. The third-order valence-electron chi connectivity index (χ3n) is 6.89. The fourth-order valence-corrected chi connectivity index (χ4v) is 4.96. The molecule has 1 saturated heterocycles. The summed E-state index contributed by atoms with van der Waals surface area (Å²) in [6.45, 7) is 6.46. The van der Waals surface area contributed by atoms with Gasteiger partial charge in [-0.15, -0.1) is 0 Å². The molecule has 1 aromatic carbocycles. The fourth-order valence-electron chi connectivity index (χ4n) is 4.96. The average Bonchev–Trinajstić information content (AvgIpc) is 3.24. The van der Waals surface area contributed by atoms with Crippen LogP contribution in [-0.2, 0) is 16.0 Å². The van der Waals surface area contributed by atoms with Crippen LogP contribution in [0.3, 0.4) is 0 Å². The predicted molar refractivity (Wildman–Crippen MR) is 129 cm³/mol. The third kappa shape index (κ3) is 4.74. The Morgan fingerprint density at radius 2 is 1.85 bits per heavy atom. The van der Waals surface area contributed by atoms with E-state index in [2.05, 4.69) is 55.6 Å². The van der Waals surface area contributed by atoms with Gasteiger partial charge in [-0.25, -0.2) is 9.97 Å². The minimum absolute atomic E-state index is 0.184. The van der Waals surface area contributed by atoms with Crippen LogP contribution in [-0.4, -0.2) is 92.3 Å². The number of carbonyl (C=O) groups excluding carboxylic acids is 1. The molecule has 1 unspecified atom stereocenters. The van der Waals surface area contributed by atoms with Crippen LogP contribution in [0.25, 0.3) is 0 Å². The molecule has 4 heterocycles. The minimum atomic E-state index is 0.184. The molecule has 0 spiro atoms. The van der Waals surface area contributed by atoms with Crippen LogP contribution in [0.4, 0.5) is 23.0 Å². The Balaban J connectivity index is 1.51. The molecule has 1 fully saturated rings. The number of anilines is 4. The molecule has 1 aromatic heterocycles. The van der Waals surface area contributed by atoms with E-state index in [0.29, 0.717) is 12.8 Å². The number of carbonyl (C=O) groups is 1. The van der Waals surface area contributed by atoms with Gasteiger partial charge < -0.3 is 30.1 Å². The number of nitrogens with zero attached hydrogens (tertiary/aromatic N) is 5. The highest BCUT2D eigenvalue weighted by Gasteiger charge is 2.29. The van der Waals surface area contributed by atoms with Gasteiger partial charge in [0.2, 0.25) is 5.91 Å². The molecule has 3 aliphatic heterocycles. The Morgan fingerprint density at radius 1 is 1.03 bits per heavy atom. The first-order chi connectivity index (χ1) is 16.1. The summed E-state index contributed by atoms with van der Waals surface area (Å²) in [5.74, 6) is 2.24. The fraction of sp³-hybridized carbons (Fsp3) is 0.542. The van der Waals surface area contributed by atoms with Gasteiger partial charge in [0, 0.05) is 75.6 Å². The first kappa shape index (κ1) is 21.9. The minimum Gasteiger partial charge on any atom is -0.378 e. The molecule has 5 rings (SSSR count). The lowest BCUT2D eigenvalue weighted by Crippen LogP contribution is -2.37. The molecular weight excluding hydrogens is 418 g/mol. The zero-order chi connectivity index (χ0) is 22.8. The number of benzene rings is 1. The first-order valence-electron chi connectivity index (χ1n) is 11.8. The topological polar surface area (TPSA) is 85.9 Å². The zero-order valence-electron chi connectivity index (χ0n) is 19.5. The molecule has 0 aliphatic carbocycles. The maximum absolute atomic E-state index is 12.9. The summed E-state index contributed by atoms with van der Waals surface area (Å²) < 4.78 is 5.55. The summed E-state index contributed by atoms with van der Waals surface area (Å²) >= 11 is 0. The summed E-state index contributed by atoms with van der Waals surface area (Å²) in [4.78, 5) is 28.5. The van der Waals surface area contributed by atoms with E-state index in [1.807, 2.05) is 11.9 Å². The second-order valence-corrected chi connectivity index (χ2v) is 9.21. The molecule has 1 atom stereocenters. The summed E-state index contributed by atoms with van der Waals surface area (Å²) in [5, 5.41) is 7.00.